The molecule has 0 aromatic heterocycles. The zero-order valence-corrected chi connectivity index (χ0v) is 16.1. The lowest BCUT2D eigenvalue weighted by Crippen LogP contribution is -2.09. The Bertz CT molecular complexity index is 527. The van der Waals surface area contributed by atoms with E-state index in [1.807, 2.05) is 0 Å². The van der Waals surface area contributed by atoms with Crippen LogP contribution >= 0.6 is 57.5 Å². The van der Waals surface area contributed by atoms with Crippen LogP contribution in [0.3, 0.4) is 0 Å². The first-order valence-corrected chi connectivity index (χ1v) is 7.30. The van der Waals surface area contributed by atoms with Crippen LogP contribution in [0, 0.1) is 10.8 Å². The molecule has 0 heterocycles. The van der Waals surface area contributed by atoms with Crippen molar-refractivity contribution in [3.63, 3.8) is 0 Å². The average Bonchev–Trinajstić information content (AvgIpc) is 2.32. The summed E-state index contributed by atoms with van der Waals surface area (Å²) in [6.07, 6.45) is -4.41. The van der Waals surface area contributed by atoms with Crippen LogP contribution in [0.25, 0.3) is 0 Å². The molecule has 6 N–H and O–H groups in total. The van der Waals surface area contributed by atoms with E-state index in [2.05, 4.69) is 0 Å². The molecule has 0 amide bonds. The van der Waals surface area contributed by atoms with Gasteiger partial charge in [-0.05, 0) is 23.3 Å². The van der Waals surface area contributed by atoms with Crippen molar-refractivity contribution in [2.75, 3.05) is 0 Å². The maximum Gasteiger partial charge on any atom is 0.416 e. The third-order valence-electron chi connectivity index (χ3n) is 2.30. The first-order chi connectivity index (χ1) is 9.20. The van der Waals surface area contributed by atoms with Crippen molar-refractivity contribution < 1.29 is 13.2 Å². The Hall–Kier alpha value is -0.390. The molecular formula is C11H15Br2F3N4S2. The highest BCUT2D eigenvalue weighted by Gasteiger charge is 2.30. The molecule has 0 atom stereocenters. The highest BCUT2D eigenvalue weighted by Crippen LogP contribution is 2.32. The predicted molar refractivity (Wildman–Crippen MR) is 98.5 cm³/mol. The lowest BCUT2D eigenvalue weighted by molar-refractivity contribution is -0.137. The highest BCUT2D eigenvalue weighted by molar-refractivity contribution is 8.93. The van der Waals surface area contributed by atoms with Crippen LogP contribution in [0.2, 0.25) is 0 Å². The number of halogens is 5. The van der Waals surface area contributed by atoms with E-state index in [-0.39, 0.29) is 50.1 Å². The molecule has 0 aliphatic carbocycles. The van der Waals surface area contributed by atoms with Crippen LogP contribution in [0.15, 0.2) is 18.2 Å². The van der Waals surface area contributed by atoms with E-state index >= 15 is 0 Å². The minimum absolute atomic E-state index is 0. The van der Waals surface area contributed by atoms with E-state index in [1.54, 1.807) is 0 Å². The van der Waals surface area contributed by atoms with Gasteiger partial charge in [-0.15, -0.1) is 34.0 Å². The number of nitrogens with one attached hydrogen (secondary N) is 2. The molecule has 0 bridgehead atoms. The molecule has 1 aromatic carbocycles. The molecule has 1 rings (SSSR count). The minimum Gasteiger partial charge on any atom is -0.379 e. The molecular weight excluding hydrogens is 469 g/mol. The zero-order chi connectivity index (χ0) is 15.3. The summed E-state index contributed by atoms with van der Waals surface area (Å²) in [6.45, 7) is 0. The number of nitrogens with two attached hydrogens (primary N) is 2. The summed E-state index contributed by atoms with van der Waals surface area (Å²) in [6, 6.07) is 3.42. The van der Waals surface area contributed by atoms with Crippen molar-refractivity contribution in [3.05, 3.63) is 34.9 Å². The average molecular weight is 484 g/mol. The number of rotatable bonds is 4. The topological polar surface area (TPSA) is 99.7 Å². The Morgan fingerprint density at radius 1 is 0.955 bits per heavy atom. The van der Waals surface area contributed by atoms with Crippen LogP contribution in [0.4, 0.5) is 13.2 Å². The second kappa shape index (κ2) is 10.4. The lowest BCUT2D eigenvalue weighted by atomic mass is 10.1. The largest absolute Gasteiger partial charge is 0.416 e. The first kappa shape index (κ1) is 23.9. The molecule has 22 heavy (non-hydrogen) atoms. The Morgan fingerprint density at radius 2 is 1.41 bits per heavy atom. The Labute approximate surface area is 155 Å². The summed E-state index contributed by atoms with van der Waals surface area (Å²) in [7, 11) is 0. The van der Waals surface area contributed by atoms with E-state index in [1.165, 1.54) is 6.07 Å². The van der Waals surface area contributed by atoms with Gasteiger partial charge in [-0.2, -0.15) is 13.2 Å². The fourth-order valence-electron chi connectivity index (χ4n) is 1.39. The van der Waals surface area contributed by atoms with E-state index < -0.39 is 11.7 Å². The monoisotopic (exact) mass is 482 g/mol. The first-order valence-electron chi connectivity index (χ1n) is 5.33. The summed E-state index contributed by atoms with van der Waals surface area (Å²) in [4.78, 5) is 0. The Morgan fingerprint density at radius 3 is 1.82 bits per heavy atom. The van der Waals surface area contributed by atoms with E-state index in [0.717, 1.165) is 35.7 Å². The van der Waals surface area contributed by atoms with Gasteiger partial charge in [0.15, 0.2) is 10.3 Å². The standard InChI is InChI=1S/C11H13F3N4S2.2BrH/c12-11(13,14)8-2-1-6(4-19-9(15)16)7(3-8)5-20-10(17)18;;/h1-3H,4-5H2,(H3,15,16)(H3,17,18);2*1H. The van der Waals surface area contributed by atoms with Gasteiger partial charge in [-0.1, -0.05) is 29.6 Å². The molecule has 126 valence electrons. The summed E-state index contributed by atoms with van der Waals surface area (Å²) >= 11 is 1.98. The van der Waals surface area contributed by atoms with Crippen LogP contribution in [0.5, 0.6) is 0 Å². The molecule has 0 unspecified atom stereocenters. The van der Waals surface area contributed by atoms with E-state index in [4.69, 9.17) is 22.3 Å². The van der Waals surface area contributed by atoms with Gasteiger partial charge in [-0.25, -0.2) is 0 Å². The molecule has 0 fully saturated rings. The number of amidine groups is 2. The van der Waals surface area contributed by atoms with Crippen molar-refractivity contribution in [1.82, 2.24) is 0 Å². The maximum atomic E-state index is 12.7. The van der Waals surface area contributed by atoms with Crippen molar-refractivity contribution in [1.29, 1.82) is 10.8 Å². The number of hydrogen-bond donors (Lipinski definition) is 4. The van der Waals surface area contributed by atoms with Gasteiger partial charge in [0.2, 0.25) is 0 Å². The SMILES string of the molecule is Br.Br.N=C(N)SCc1ccc(C(F)(F)F)cc1CSC(=N)N. The fraction of sp³-hybridized carbons (Fsp3) is 0.273. The summed E-state index contributed by atoms with van der Waals surface area (Å²) in [5.74, 6) is 0.480. The third-order valence-corrected chi connectivity index (χ3v) is 3.83. The smallest absolute Gasteiger partial charge is 0.379 e. The van der Waals surface area contributed by atoms with Gasteiger partial charge >= 0.3 is 6.18 Å². The second-order valence-electron chi connectivity index (χ2n) is 3.79. The number of alkyl halides is 3. The van der Waals surface area contributed by atoms with Crippen molar-refractivity contribution in [3.8, 4) is 0 Å². The molecule has 0 aliphatic heterocycles. The summed E-state index contributed by atoms with van der Waals surface area (Å²) in [5.41, 5.74) is 10.8. The number of hydrogen-bond acceptors (Lipinski definition) is 4. The molecule has 0 aliphatic rings. The Kier molecular flexibility index (Phi) is 11.3. The van der Waals surface area contributed by atoms with Gasteiger partial charge in [-0.3, -0.25) is 10.8 Å². The van der Waals surface area contributed by atoms with Crippen molar-refractivity contribution in [2.45, 2.75) is 17.7 Å². The van der Waals surface area contributed by atoms with Gasteiger partial charge < -0.3 is 11.5 Å². The van der Waals surface area contributed by atoms with Crippen molar-refractivity contribution >= 4 is 67.8 Å². The fourth-order valence-corrected chi connectivity index (χ4v) is 2.56. The molecule has 0 saturated heterocycles. The summed E-state index contributed by atoms with van der Waals surface area (Å²) in [5, 5.41) is 14.0. The third kappa shape index (κ3) is 8.30. The van der Waals surface area contributed by atoms with Gasteiger partial charge in [0.25, 0.3) is 0 Å². The summed E-state index contributed by atoms with van der Waals surface area (Å²) < 4.78 is 38.0. The van der Waals surface area contributed by atoms with Gasteiger partial charge in [0, 0.05) is 11.5 Å². The number of benzene rings is 1. The molecule has 4 nitrogen and oxygen atoms in total. The van der Waals surface area contributed by atoms with Gasteiger partial charge in [0.05, 0.1) is 5.56 Å². The second-order valence-corrected chi connectivity index (χ2v) is 5.82. The van der Waals surface area contributed by atoms with Crippen molar-refractivity contribution in [2.24, 2.45) is 11.5 Å². The van der Waals surface area contributed by atoms with Crippen LogP contribution in [-0.4, -0.2) is 10.3 Å². The minimum atomic E-state index is -4.41. The van der Waals surface area contributed by atoms with Crippen LogP contribution in [0.1, 0.15) is 16.7 Å². The van der Waals surface area contributed by atoms with Crippen LogP contribution in [-0.2, 0) is 17.7 Å². The molecule has 11 heteroatoms. The normalized spacial score (nSPS) is 10.3. The molecule has 0 radical (unpaired) electrons. The van der Waals surface area contributed by atoms with Gasteiger partial charge in [0.1, 0.15) is 0 Å². The molecule has 0 spiro atoms. The Balaban J connectivity index is 0. The quantitative estimate of drug-likeness (QED) is 0.382. The number of thioether (sulfide) groups is 2. The maximum absolute atomic E-state index is 12.7. The predicted octanol–water partition coefficient (Wildman–Crippen LogP) is 4.11. The van der Waals surface area contributed by atoms with E-state index in [0.29, 0.717) is 16.9 Å². The van der Waals surface area contributed by atoms with E-state index in [9.17, 15) is 13.2 Å². The lowest BCUT2D eigenvalue weighted by Gasteiger charge is -2.13. The van der Waals surface area contributed by atoms with Crippen LogP contribution < -0.4 is 11.5 Å². The molecule has 0 saturated carbocycles. The highest BCUT2D eigenvalue weighted by atomic mass is 79.9. The zero-order valence-electron chi connectivity index (χ0n) is 11.1. The molecule has 1 aromatic rings.